The van der Waals surface area contributed by atoms with E-state index in [1.165, 1.54) is 17.3 Å². The molecule has 90 valence electrons. The van der Waals surface area contributed by atoms with Crippen molar-refractivity contribution in [3.8, 4) is 11.1 Å². The molecule has 1 N–H and O–H groups in total. The van der Waals surface area contributed by atoms with E-state index in [-0.39, 0.29) is 0 Å². The fourth-order valence-electron chi connectivity index (χ4n) is 1.79. The van der Waals surface area contributed by atoms with Crippen LogP contribution in [-0.2, 0) is 0 Å². The van der Waals surface area contributed by atoms with Crippen molar-refractivity contribution in [2.75, 3.05) is 11.9 Å². The number of benzene rings is 2. The predicted molar refractivity (Wildman–Crippen MR) is 78.2 cm³/mol. The summed E-state index contributed by atoms with van der Waals surface area (Å²) in [6.07, 6.45) is 4.85. The molecule has 0 aliphatic rings. The van der Waals surface area contributed by atoms with E-state index in [1.807, 2.05) is 42.4 Å². The van der Waals surface area contributed by atoms with Crippen LogP contribution in [0.25, 0.3) is 11.1 Å². The lowest BCUT2D eigenvalue weighted by molar-refractivity contribution is 1.21. The van der Waals surface area contributed by atoms with E-state index in [9.17, 15) is 0 Å². The summed E-state index contributed by atoms with van der Waals surface area (Å²) in [4.78, 5) is 2.00. The van der Waals surface area contributed by atoms with E-state index in [2.05, 4.69) is 30.3 Å². The molecule has 2 aromatic carbocycles. The van der Waals surface area contributed by atoms with Crippen LogP contribution in [0.15, 0.2) is 66.9 Å². The molecule has 0 fully saturated rings. The SMILES string of the molecule is CN(/C=C\C=N)c1cccc(-c2ccccc2)c1. The number of allylic oxidation sites excluding steroid dienone is 1. The molecule has 0 heterocycles. The summed E-state index contributed by atoms with van der Waals surface area (Å²) in [5, 5.41) is 7.00. The maximum Gasteiger partial charge on any atom is 0.0409 e. The Bertz CT molecular complexity index is 544. The minimum Gasteiger partial charge on any atom is -0.351 e. The number of hydrogen-bond acceptors (Lipinski definition) is 2. The highest BCUT2D eigenvalue weighted by atomic mass is 15.1. The van der Waals surface area contributed by atoms with E-state index in [0.29, 0.717) is 0 Å². The fourth-order valence-corrected chi connectivity index (χ4v) is 1.79. The molecule has 0 unspecified atom stereocenters. The van der Waals surface area contributed by atoms with Gasteiger partial charge in [-0.3, -0.25) is 0 Å². The van der Waals surface area contributed by atoms with Gasteiger partial charge in [-0.15, -0.1) is 0 Å². The zero-order valence-corrected chi connectivity index (χ0v) is 10.4. The van der Waals surface area contributed by atoms with Crippen molar-refractivity contribution >= 4 is 11.9 Å². The van der Waals surface area contributed by atoms with Crippen LogP contribution in [0.3, 0.4) is 0 Å². The smallest absolute Gasteiger partial charge is 0.0409 e. The van der Waals surface area contributed by atoms with Gasteiger partial charge in [0.1, 0.15) is 0 Å². The summed E-state index contributed by atoms with van der Waals surface area (Å²) in [6.45, 7) is 0. The Labute approximate surface area is 108 Å². The molecule has 0 radical (unpaired) electrons. The molecule has 0 bridgehead atoms. The number of anilines is 1. The predicted octanol–water partition coefficient (Wildman–Crippen LogP) is 3.95. The van der Waals surface area contributed by atoms with Gasteiger partial charge in [0.25, 0.3) is 0 Å². The Morgan fingerprint density at radius 3 is 2.39 bits per heavy atom. The van der Waals surface area contributed by atoms with Crippen molar-refractivity contribution in [2.45, 2.75) is 0 Å². The van der Waals surface area contributed by atoms with Crippen LogP contribution in [0.2, 0.25) is 0 Å². The Kier molecular flexibility index (Phi) is 3.92. The molecule has 0 spiro atoms. The second-order valence-electron chi connectivity index (χ2n) is 4.04. The van der Waals surface area contributed by atoms with Gasteiger partial charge in [-0.2, -0.15) is 0 Å². The average Bonchev–Trinajstić information content (AvgIpc) is 2.46. The Balaban J connectivity index is 2.31. The van der Waals surface area contributed by atoms with E-state index >= 15 is 0 Å². The summed E-state index contributed by atoms with van der Waals surface area (Å²) in [6, 6.07) is 18.7. The van der Waals surface area contributed by atoms with Gasteiger partial charge >= 0.3 is 0 Å². The summed E-state index contributed by atoms with van der Waals surface area (Å²) >= 11 is 0. The molecule has 0 atom stereocenters. The van der Waals surface area contributed by atoms with Crippen LogP contribution in [-0.4, -0.2) is 13.3 Å². The average molecular weight is 236 g/mol. The molecule has 2 nitrogen and oxygen atoms in total. The van der Waals surface area contributed by atoms with Gasteiger partial charge < -0.3 is 10.3 Å². The lowest BCUT2D eigenvalue weighted by atomic mass is 10.1. The van der Waals surface area contributed by atoms with Crippen LogP contribution in [0, 0.1) is 5.41 Å². The highest BCUT2D eigenvalue weighted by molar-refractivity contribution is 5.71. The van der Waals surface area contributed by atoms with Gasteiger partial charge in [0.2, 0.25) is 0 Å². The molecule has 2 aromatic rings. The minimum absolute atomic E-state index is 1.11. The van der Waals surface area contributed by atoms with Crippen molar-refractivity contribution in [1.29, 1.82) is 5.41 Å². The van der Waals surface area contributed by atoms with Crippen LogP contribution < -0.4 is 4.90 Å². The van der Waals surface area contributed by atoms with Crippen molar-refractivity contribution in [2.24, 2.45) is 0 Å². The first-order valence-corrected chi connectivity index (χ1v) is 5.87. The van der Waals surface area contributed by atoms with Crippen molar-refractivity contribution < 1.29 is 0 Å². The molecular weight excluding hydrogens is 220 g/mol. The van der Waals surface area contributed by atoms with Gasteiger partial charge in [-0.25, -0.2) is 0 Å². The first kappa shape index (κ1) is 12.1. The first-order valence-electron chi connectivity index (χ1n) is 5.87. The molecule has 0 saturated heterocycles. The maximum absolute atomic E-state index is 7.00. The normalized spacial score (nSPS) is 10.5. The second kappa shape index (κ2) is 5.82. The Morgan fingerprint density at radius 1 is 0.944 bits per heavy atom. The van der Waals surface area contributed by atoms with Crippen LogP contribution >= 0.6 is 0 Å². The third-order valence-electron chi connectivity index (χ3n) is 2.77. The number of nitrogens with one attached hydrogen (secondary N) is 1. The highest BCUT2D eigenvalue weighted by Gasteiger charge is 2.00. The van der Waals surface area contributed by atoms with Gasteiger partial charge in [-0.05, 0) is 29.3 Å². The number of rotatable bonds is 4. The molecule has 2 heteroatoms. The van der Waals surface area contributed by atoms with Gasteiger partial charge in [-0.1, -0.05) is 42.5 Å². The molecular formula is C16H16N2. The summed E-state index contributed by atoms with van der Waals surface area (Å²) in [7, 11) is 1.98. The van der Waals surface area contributed by atoms with Gasteiger partial charge in [0, 0.05) is 25.1 Å². The third-order valence-corrected chi connectivity index (χ3v) is 2.77. The summed E-state index contributed by atoms with van der Waals surface area (Å²) in [5.41, 5.74) is 3.52. The lowest BCUT2D eigenvalue weighted by Crippen LogP contribution is -2.07. The quantitative estimate of drug-likeness (QED) is 0.799. The molecule has 0 saturated carbocycles. The third kappa shape index (κ3) is 2.86. The minimum atomic E-state index is 1.11. The highest BCUT2D eigenvalue weighted by Crippen LogP contribution is 2.24. The Hall–Kier alpha value is -2.35. The molecule has 0 aliphatic heterocycles. The van der Waals surface area contributed by atoms with E-state index in [1.54, 1.807) is 6.08 Å². The van der Waals surface area contributed by atoms with Crippen molar-refractivity contribution in [1.82, 2.24) is 0 Å². The standard InChI is InChI=1S/C16H16N2/c1-18(12-6-11-17)16-10-5-9-15(13-16)14-7-3-2-4-8-14/h2-13,17H,1H3/b12-6-,17-11?. The van der Waals surface area contributed by atoms with E-state index in [4.69, 9.17) is 5.41 Å². The second-order valence-corrected chi connectivity index (χ2v) is 4.04. The number of hydrogen-bond donors (Lipinski definition) is 1. The van der Waals surface area contributed by atoms with Crippen molar-refractivity contribution in [3.05, 3.63) is 66.9 Å². The molecule has 18 heavy (non-hydrogen) atoms. The monoisotopic (exact) mass is 236 g/mol. The van der Waals surface area contributed by atoms with Gasteiger partial charge in [0.05, 0.1) is 0 Å². The number of nitrogens with zero attached hydrogens (tertiary/aromatic N) is 1. The molecule has 0 aliphatic carbocycles. The largest absolute Gasteiger partial charge is 0.351 e. The molecule has 2 rings (SSSR count). The van der Waals surface area contributed by atoms with Crippen molar-refractivity contribution in [3.63, 3.8) is 0 Å². The fraction of sp³-hybridized carbons (Fsp3) is 0.0625. The summed E-state index contributed by atoms with van der Waals surface area (Å²) in [5.74, 6) is 0. The lowest BCUT2D eigenvalue weighted by Gasteiger charge is -2.15. The Morgan fingerprint density at radius 2 is 1.67 bits per heavy atom. The molecule has 0 amide bonds. The van der Waals surface area contributed by atoms with Crippen LogP contribution in [0.5, 0.6) is 0 Å². The van der Waals surface area contributed by atoms with E-state index in [0.717, 1.165) is 5.69 Å². The molecule has 0 aromatic heterocycles. The first-order chi connectivity index (χ1) is 8.81. The van der Waals surface area contributed by atoms with Crippen LogP contribution in [0.1, 0.15) is 0 Å². The zero-order chi connectivity index (χ0) is 12.8. The maximum atomic E-state index is 7.00. The van der Waals surface area contributed by atoms with Gasteiger partial charge in [0.15, 0.2) is 0 Å². The zero-order valence-electron chi connectivity index (χ0n) is 10.4. The van der Waals surface area contributed by atoms with Crippen LogP contribution in [0.4, 0.5) is 5.69 Å². The summed E-state index contributed by atoms with van der Waals surface area (Å²) < 4.78 is 0. The van der Waals surface area contributed by atoms with E-state index < -0.39 is 0 Å². The topological polar surface area (TPSA) is 27.1 Å².